The first-order chi connectivity index (χ1) is 13.3. The Balaban J connectivity index is 1.78. The van der Waals surface area contributed by atoms with Crippen molar-refractivity contribution in [3.8, 4) is 5.75 Å². The van der Waals surface area contributed by atoms with Crippen LogP contribution in [0.2, 0.25) is 5.02 Å². The Morgan fingerprint density at radius 1 is 1.25 bits per heavy atom. The van der Waals surface area contributed by atoms with E-state index in [9.17, 15) is 18.0 Å². The van der Waals surface area contributed by atoms with Gasteiger partial charge < -0.3 is 14.6 Å². The number of hydrogen-bond donors (Lipinski definition) is 1. The zero-order valence-corrected chi connectivity index (χ0v) is 16.8. The van der Waals surface area contributed by atoms with Crippen molar-refractivity contribution in [2.45, 2.75) is 24.3 Å². The van der Waals surface area contributed by atoms with Crippen LogP contribution < -0.4 is 15.6 Å². The van der Waals surface area contributed by atoms with Gasteiger partial charge in [-0.3, -0.25) is 9.59 Å². The van der Waals surface area contributed by atoms with Gasteiger partial charge in [-0.15, -0.1) is 0 Å². The number of nitrogens with zero attached hydrogens (tertiary/aromatic N) is 2. The smallest absolute Gasteiger partial charge is 0.271 e. The number of ether oxygens (including phenoxy) is 1. The van der Waals surface area contributed by atoms with Crippen molar-refractivity contribution in [2.75, 3.05) is 25.5 Å². The van der Waals surface area contributed by atoms with E-state index in [0.29, 0.717) is 29.5 Å². The molecule has 3 rings (SSSR count). The normalized spacial score (nSPS) is 14.8. The van der Waals surface area contributed by atoms with Gasteiger partial charge in [0.2, 0.25) is 15.9 Å². The molecule has 0 saturated carbocycles. The number of sulfonamides is 1. The fraction of sp³-hybridized carbons (Fsp3) is 0.333. The van der Waals surface area contributed by atoms with Gasteiger partial charge in [0.1, 0.15) is 17.2 Å². The third-order valence-corrected chi connectivity index (χ3v) is 6.62. The molecule has 8 nitrogen and oxygen atoms in total. The van der Waals surface area contributed by atoms with Gasteiger partial charge in [-0.1, -0.05) is 11.6 Å². The van der Waals surface area contributed by atoms with Gasteiger partial charge in [0.25, 0.3) is 5.56 Å². The third kappa shape index (κ3) is 4.21. The summed E-state index contributed by atoms with van der Waals surface area (Å²) >= 11 is 6.03. The first-order valence-corrected chi connectivity index (χ1v) is 10.5. The highest BCUT2D eigenvalue weighted by atomic mass is 35.5. The van der Waals surface area contributed by atoms with E-state index in [1.54, 1.807) is 12.1 Å². The van der Waals surface area contributed by atoms with Crippen molar-refractivity contribution < 1.29 is 17.9 Å². The molecule has 28 heavy (non-hydrogen) atoms. The van der Waals surface area contributed by atoms with E-state index in [2.05, 4.69) is 5.32 Å². The van der Waals surface area contributed by atoms with Crippen molar-refractivity contribution >= 4 is 33.2 Å². The summed E-state index contributed by atoms with van der Waals surface area (Å²) < 4.78 is 32.8. The third-order valence-electron chi connectivity index (χ3n) is 4.42. The van der Waals surface area contributed by atoms with Crippen molar-refractivity contribution in [2.24, 2.45) is 0 Å². The predicted molar refractivity (Wildman–Crippen MR) is 105 cm³/mol. The molecule has 10 heteroatoms. The average molecular weight is 426 g/mol. The minimum Gasteiger partial charge on any atom is -0.495 e. The van der Waals surface area contributed by atoms with Gasteiger partial charge in [-0.2, -0.15) is 4.31 Å². The van der Waals surface area contributed by atoms with Gasteiger partial charge in [-0.05, 0) is 43.2 Å². The monoisotopic (exact) mass is 425 g/mol. The van der Waals surface area contributed by atoms with Crippen molar-refractivity contribution in [3.05, 3.63) is 51.9 Å². The Morgan fingerprint density at radius 2 is 1.96 bits per heavy atom. The number of halogens is 1. The van der Waals surface area contributed by atoms with Crippen LogP contribution in [0.15, 0.2) is 46.2 Å². The van der Waals surface area contributed by atoms with Crippen molar-refractivity contribution in [1.29, 1.82) is 0 Å². The molecule has 1 fully saturated rings. The SMILES string of the molecule is COc1ccc(NC(=O)Cn2cccc(S(=O)(=O)N3CCCC3)c2=O)cc1Cl. The summed E-state index contributed by atoms with van der Waals surface area (Å²) in [6.07, 6.45) is 2.92. The molecule has 1 amide bonds. The second-order valence-electron chi connectivity index (χ2n) is 6.31. The lowest BCUT2D eigenvalue weighted by atomic mass is 10.3. The quantitative estimate of drug-likeness (QED) is 0.762. The lowest BCUT2D eigenvalue weighted by Gasteiger charge is -2.16. The van der Waals surface area contributed by atoms with Crippen LogP contribution in [-0.4, -0.2) is 43.4 Å². The van der Waals surface area contributed by atoms with Crippen LogP contribution in [0, 0.1) is 0 Å². The average Bonchev–Trinajstić information content (AvgIpc) is 3.19. The number of hydrogen-bond acceptors (Lipinski definition) is 5. The van der Waals surface area contributed by atoms with Crippen LogP contribution in [0.1, 0.15) is 12.8 Å². The topological polar surface area (TPSA) is 97.7 Å². The summed E-state index contributed by atoms with van der Waals surface area (Å²) in [5.74, 6) is -0.0187. The molecule has 150 valence electrons. The van der Waals surface area contributed by atoms with E-state index in [1.165, 1.54) is 35.8 Å². The summed E-state index contributed by atoms with van der Waals surface area (Å²) in [6.45, 7) is 0.469. The van der Waals surface area contributed by atoms with Crippen LogP contribution in [0.25, 0.3) is 0 Å². The standard InChI is InChI=1S/C18H20ClN3O5S/c1-27-15-7-6-13(11-14(15)19)20-17(23)12-21-8-4-5-16(18(21)24)28(25,26)22-9-2-3-10-22/h4-8,11H,2-3,9-10,12H2,1H3,(H,20,23). The molecule has 1 aromatic heterocycles. The largest absolute Gasteiger partial charge is 0.495 e. The number of nitrogens with one attached hydrogen (secondary N) is 1. The number of amides is 1. The molecule has 2 heterocycles. The van der Waals surface area contributed by atoms with Gasteiger partial charge in [0.05, 0.1) is 12.1 Å². The Bertz CT molecular complexity index is 1050. The molecule has 0 unspecified atom stereocenters. The van der Waals surface area contributed by atoms with Gasteiger partial charge >= 0.3 is 0 Å². The highest BCUT2D eigenvalue weighted by Crippen LogP contribution is 2.27. The zero-order chi connectivity index (χ0) is 20.3. The molecular formula is C18H20ClN3O5S. The molecule has 1 aliphatic heterocycles. The van der Waals surface area contributed by atoms with Crippen LogP contribution in [-0.2, 0) is 21.4 Å². The summed E-state index contributed by atoms with van der Waals surface area (Å²) in [4.78, 5) is 24.6. The maximum Gasteiger partial charge on any atom is 0.271 e. The first-order valence-electron chi connectivity index (χ1n) is 8.66. The number of carbonyl (C=O) groups is 1. The Labute approximate surface area is 167 Å². The first kappa shape index (κ1) is 20.4. The number of pyridine rings is 1. The van der Waals surface area contributed by atoms with Crippen LogP contribution in [0.5, 0.6) is 5.75 Å². The molecule has 0 bridgehead atoms. The molecular weight excluding hydrogens is 406 g/mol. The van der Waals surface area contributed by atoms with Crippen LogP contribution in [0.3, 0.4) is 0 Å². The number of methoxy groups -OCH3 is 1. The molecule has 1 N–H and O–H groups in total. The highest BCUT2D eigenvalue weighted by molar-refractivity contribution is 7.89. The van der Waals surface area contributed by atoms with Gasteiger partial charge in [-0.25, -0.2) is 8.42 Å². The molecule has 0 atom stereocenters. The van der Waals surface area contributed by atoms with Gasteiger partial charge in [0.15, 0.2) is 0 Å². The van der Waals surface area contributed by atoms with E-state index >= 15 is 0 Å². The van der Waals surface area contributed by atoms with Crippen LogP contribution in [0.4, 0.5) is 5.69 Å². The van der Waals surface area contributed by atoms with E-state index in [1.807, 2.05) is 0 Å². The van der Waals surface area contributed by atoms with E-state index < -0.39 is 21.5 Å². The molecule has 2 aromatic rings. The second kappa shape index (κ2) is 8.34. The van der Waals surface area contributed by atoms with Gasteiger partial charge in [0, 0.05) is 25.0 Å². The number of anilines is 1. The number of aromatic nitrogens is 1. The number of carbonyl (C=O) groups excluding carboxylic acids is 1. The maximum absolute atomic E-state index is 12.7. The Hall–Kier alpha value is -2.36. The fourth-order valence-corrected chi connectivity index (χ4v) is 4.87. The van der Waals surface area contributed by atoms with Crippen molar-refractivity contribution in [1.82, 2.24) is 8.87 Å². The van der Waals surface area contributed by atoms with E-state index in [4.69, 9.17) is 16.3 Å². The zero-order valence-electron chi connectivity index (χ0n) is 15.2. The maximum atomic E-state index is 12.7. The number of benzene rings is 1. The minimum atomic E-state index is -3.86. The summed E-state index contributed by atoms with van der Waals surface area (Å²) in [7, 11) is -2.38. The Kier molecular flexibility index (Phi) is 6.07. The summed E-state index contributed by atoms with van der Waals surface area (Å²) in [6, 6.07) is 7.46. The van der Waals surface area contributed by atoms with Crippen LogP contribution >= 0.6 is 11.6 Å². The van der Waals surface area contributed by atoms with Crippen molar-refractivity contribution in [3.63, 3.8) is 0 Å². The molecule has 0 aliphatic carbocycles. The predicted octanol–water partition coefficient (Wildman–Crippen LogP) is 1.93. The summed E-state index contributed by atoms with van der Waals surface area (Å²) in [5.41, 5.74) is -0.290. The Morgan fingerprint density at radius 3 is 2.61 bits per heavy atom. The lowest BCUT2D eigenvalue weighted by molar-refractivity contribution is -0.116. The number of rotatable bonds is 6. The minimum absolute atomic E-state index is 0.322. The fourth-order valence-electron chi connectivity index (χ4n) is 3.00. The molecule has 1 aromatic carbocycles. The second-order valence-corrected chi connectivity index (χ2v) is 8.63. The van der Waals surface area contributed by atoms with E-state index in [-0.39, 0.29) is 11.4 Å². The van der Waals surface area contributed by atoms with E-state index in [0.717, 1.165) is 17.4 Å². The highest BCUT2D eigenvalue weighted by Gasteiger charge is 2.30. The molecule has 0 radical (unpaired) electrons. The molecule has 1 saturated heterocycles. The summed E-state index contributed by atoms with van der Waals surface area (Å²) in [5, 5.41) is 2.95. The lowest BCUT2D eigenvalue weighted by Crippen LogP contribution is -2.36. The molecule has 0 spiro atoms. The molecule has 1 aliphatic rings.